The molecule has 3 nitrogen and oxygen atoms in total. The minimum Gasteiger partial charge on any atom is -0.349 e. The van der Waals surface area contributed by atoms with Gasteiger partial charge in [0, 0.05) is 18.7 Å². The van der Waals surface area contributed by atoms with Crippen molar-refractivity contribution >= 4 is 5.91 Å². The molecule has 0 atom stereocenters. The first-order valence-corrected chi connectivity index (χ1v) is 2.99. The normalized spacial score (nSPS) is 8.50. The summed E-state index contributed by atoms with van der Waals surface area (Å²) in [6.07, 6.45) is 1.60. The molecule has 3 N–H and O–H groups in total. The number of carbonyl (C=O) groups is 1. The standard InChI is InChI=1S/C7H12N2O/c1-3-4-9-7(10)6(2)5-8/h3H,1-2,4-5,8H2,(H,9,10). The number of nitrogens with two attached hydrogens (primary N) is 1. The summed E-state index contributed by atoms with van der Waals surface area (Å²) in [4.78, 5) is 10.8. The van der Waals surface area contributed by atoms with Crippen LogP contribution >= 0.6 is 0 Å². The van der Waals surface area contributed by atoms with Gasteiger partial charge in [-0.1, -0.05) is 12.7 Å². The summed E-state index contributed by atoms with van der Waals surface area (Å²) >= 11 is 0. The van der Waals surface area contributed by atoms with Crippen molar-refractivity contribution in [3.63, 3.8) is 0 Å². The van der Waals surface area contributed by atoms with Gasteiger partial charge in [-0.25, -0.2) is 0 Å². The molecule has 0 unspecified atom stereocenters. The first kappa shape index (κ1) is 8.91. The molecule has 0 aromatic carbocycles. The first-order valence-electron chi connectivity index (χ1n) is 2.99. The van der Waals surface area contributed by atoms with Crippen LogP contribution in [0.2, 0.25) is 0 Å². The summed E-state index contributed by atoms with van der Waals surface area (Å²) in [6, 6.07) is 0. The number of carbonyl (C=O) groups excluding carboxylic acids is 1. The van der Waals surface area contributed by atoms with Gasteiger partial charge in [0.25, 0.3) is 0 Å². The van der Waals surface area contributed by atoms with Crippen LogP contribution in [0.3, 0.4) is 0 Å². The van der Waals surface area contributed by atoms with Crippen LogP contribution < -0.4 is 11.1 Å². The molecule has 0 aliphatic heterocycles. The minimum absolute atomic E-state index is 0.197. The lowest BCUT2D eigenvalue weighted by Crippen LogP contribution is -2.27. The smallest absolute Gasteiger partial charge is 0.248 e. The van der Waals surface area contributed by atoms with Crippen LogP contribution in [-0.4, -0.2) is 19.0 Å². The molecular formula is C7H12N2O. The molecule has 0 aromatic rings. The van der Waals surface area contributed by atoms with Crippen LogP contribution in [0.4, 0.5) is 0 Å². The lowest BCUT2D eigenvalue weighted by atomic mass is 10.3. The van der Waals surface area contributed by atoms with Crippen LogP contribution in [0.15, 0.2) is 24.8 Å². The lowest BCUT2D eigenvalue weighted by molar-refractivity contribution is -0.117. The Morgan fingerprint density at radius 3 is 2.70 bits per heavy atom. The van der Waals surface area contributed by atoms with E-state index in [9.17, 15) is 4.79 Å². The van der Waals surface area contributed by atoms with Gasteiger partial charge in [-0.05, 0) is 0 Å². The van der Waals surface area contributed by atoms with Gasteiger partial charge in [0.1, 0.15) is 0 Å². The molecule has 0 rings (SSSR count). The van der Waals surface area contributed by atoms with E-state index in [0.29, 0.717) is 12.1 Å². The lowest BCUT2D eigenvalue weighted by Gasteiger charge is -2.01. The molecule has 0 aliphatic carbocycles. The highest BCUT2D eigenvalue weighted by Gasteiger charge is 2.00. The fraction of sp³-hybridized carbons (Fsp3) is 0.286. The quantitative estimate of drug-likeness (QED) is 0.420. The molecule has 0 saturated heterocycles. The molecule has 0 fully saturated rings. The number of nitrogens with one attached hydrogen (secondary N) is 1. The van der Waals surface area contributed by atoms with Crippen molar-refractivity contribution in [2.24, 2.45) is 5.73 Å². The average molecular weight is 140 g/mol. The summed E-state index contributed by atoms with van der Waals surface area (Å²) < 4.78 is 0. The van der Waals surface area contributed by atoms with Crippen molar-refractivity contribution < 1.29 is 4.79 Å². The molecule has 0 bridgehead atoms. The van der Waals surface area contributed by atoms with Gasteiger partial charge in [-0.2, -0.15) is 0 Å². The van der Waals surface area contributed by atoms with Crippen molar-refractivity contribution in [3.8, 4) is 0 Å². The Labute approximate surface area is 60.6 Å². The van der Waals surface area contributed by atoms with Gasteiger partial charge >= 0.3 is 0 Å². The number of amides is 1. The Morgan fingerprint density at radius 2 is 2.30 bits per heavy atom. The van der Waals surface area contributed by atoms with E-state index >= 15 is 0 Å². The highest BCUT2D eigenvalue weighted by Crippen LogP contribution is 1.83. The summed E-state index contributed by atoms with van der Waals surface area (Å²) in [6.45, 7) is 7.55. The number of hydrogen-bond donors (Lipinski definition) is 2. The van der Waals surface area contributed by atoms with Gasteiger partial charge in [0.15, 0.2) is 0 Å². The Morgan fingerprint density at radius 1 is 1.70 bits per heavy atom. The second-order valence-electron chi connectivity index (χ2n) is 1.81. The molecule has 56 valence electrons. The van der Waals surface area contributed by atoms with Gasteiger partial charge in [-0.3, -0.25) is 4.79 Å². The van der Waals surface area contributed by atoms with Crippen LogP contribution in [0, 0.1) is 0 Å². The second kappa shape index (κ2) is 4.76. The van der Waals surface area contributed by atoms with E-state index in [1.54, 1.807) is 6.08 Å². The second-order valence-corrected chi connectivity index (χ2v) is 1.81. The van der Waals surface area contributed by atoms with Crippen molar-refractivity contribution in [2.75, 3.05) is 13.1 Å². The Kier molecular flexibility index (Phi) is 4.24. The van der Waals surface area contributed by atoms with Crippen molar-refractivity contribution in [3.05, 3.63) is 24.8 Å². The fourth-order valence-electron chi connectivity index (χ4n) is 0.383. The van der Waals surface area contributed by atoms with Crippen LogP contribution in [0.1, 0.15) is 0 Å². The van der Waals surface area contributed by atoms with Gasteiger partial charge < -0.3 is 11.1 Å². The van der Waals surface area contributed by atoms with E-state index in [4.69, 9.17) is 5.73 Å². The van der Waals surface area contributed by atoms with Gasteiger partial charge in [-0.15, -0.1) is 6.58 Å². The van der Waals surface area contributed by atoms with E-state index in [1.807, 2.05) is 0 Å². The van der Waals surface area contributed by atoms with E-state index in [-0.39, 0.29) is 12.5 Å². The highest BCUT2D eigenvalue weighted by molar-refractivity contribution is 5.93. The maximum atomic E-state index is 10.8. The average Bonchev–Trinajstić information content (AvgIpc) is 1.98. The van der Waals surface area contributed by atoms with E-state index < -0.39 is 0 Å². The van der Waals surface area contributed by atoms with Crippen molar-refractivity contribution in [1.82, 2.24) is 5.32 Å². The summed E-state index contributed by atoms with van der Waals surface area (Å²) in [5, 5.41) is 2.55. The predicted octanol–water partition coefficient (Wildman–Crippen LogP) is -0.197. The molecule has 0 aliphatic rings. The first-order chi connectivity index (χ1) is 4.72. The highest BCUT2D eigenvalue weighted by atomic mass is 16.1. The zero-order valence-corrected chi connectivity index (χ0v) is 5.89. The number of hydrogen-bond acceptors (Lipinski definition) is 2. The zero-order chi connectivity index (χ0) is 7.98. The van der Waals surface area contributed by atoms with E-state index in [0.717, 1.165) is 0 Å². The van der Waals surface area contributed by atoms with E-state index in [1.165, 1.54) is 0 Å². The van der Waals surface area contributed by atoms with Crippen LogP contribution in [-0.2, 0) is 4.79 Å². The molecule has 0 saturated carbocycles. The SMILES string of the molecule is C=CCNC(=O)C(=C)CN. The molecule has 0 aromatic heterocycles. The Balaban J connectivity index is 3.62. The molecule has 3 heteroatoms. The third kappa shape index (κ3) is 3.04. The van der Waals surface area contributed by atoms with Gasteiger partial charge in [0.05, 0.1) is 0 Å². The monoisotopic (exact) mass is 140 g/mol. The van der Waals surface area contributed by atoms with Crippen molar-refractivity contribution in [1.29, 1.82) is 0 Å². The van der Waals surface area contributed by atoms with Crippen LogP contribution in [0.5, 0.6) is 0 Å². The Hall–Kier alpha value is -1.09. The maximum absolute atomic E-state index is 10.8. The minimum atomic E-state index is -0.206. The Bertz CT molecular complexity index is 152. The maximum Gasteiger partial charge on any atom is 0.248 e. The third-order valence-corrected chi connectivity index (χ3v) is 0.974. The topological polar surface area (TPSA) is 55.1 Å². The molecular weight excluding hydrogens is 128 g/mol. The molecule has 10 heavy (non-hydrogen) atoms. The third-order valence-electron chi connectivity index (χ3n) is 0.974. The molecule has 1 amide bonds. The summed E-state index contributed by atoms with van der Waals surface area (Å²) in [5.41, 5.74) is 5.55. The van der Waals surface area contributed by atoms with Crippen molar-refractivity contribution in [2.45, 2.75) is 0 Å². The zero-order valence-electron chi connectivity index (χ0n) is 5.89. The van der Waals surface area contributed by atoms with Crippen LogP contribution in [0.25, 0.3) is 0 Å². The van der Waals surface area contributed by atoms with Gasteiger partial charge in [0.2, 0.25) is 5.91 Å². The molecule has 0 radical (unpaired) electrons. The number of rotatable bonds is 4. The van der Waals surface area contributed by atoms with E-state index in [2.05, 4.69) is 18.5 Å². The fourth-order valence-corrected chi connectivity index (χ4v) is 0.383. The largest absolute Gasteiger partial charge is 0.349 e. The summed E-state index contributed by atoms with van der Waals surface area (Å²) in [7, 11) is 0. The molecule has 0 heterocycles. The summed E-state index contributed by atoms with van der Waals surface area (Å²) in [5.74, 6) is -0.206. The molecule has 0 spiro atoms. The predicted molar refractivity (Wildman–Crippen MR) is 41.4 cm³/mol.